The highest BCUT2D eigenvalue weighted by molar-refractivity contribution is 5.99. The Labute approximate surface area is 469 Å². The van der Waals surface area contributed by atoms with Crippen molar-refractivity contribution >= 4 is 65.0 Å². The monoisotopic (exact) mass is 1110 g/mol. The Balaban J connectivity index is 1.72. The Morgan fingerprint density at radius 2 is 1.23 bits per heavy atom. The van der Waals surface area contributed by atoms with Gasteiger partial charge in [-0.05, 0) is 83.0 Å². The predicted molar refractivity (Wildman–Crippen MR) is 298 cm³/mol. The molecule has 0 aromatic carbocycles. The lowest BCUT2D eigenvalue weighted by molar-refractivity contribution is -0.149. The van der Waals surface area contributed by atoms with Gasteiger partial charge in [-0.3, -0.25) is 52.7 Å². The summed E-state index contributed by atoms with van der Waals surface area (Å²) in [6.45, 7) is 14.7. The van der Waals surface area contributed by atoms with Crippen LogP contribution < -0.4 is 21.3 Å². The molecule has 79 heavy (non-hydrogen) atoms. The van der Waals surface area contributed by atoms with Gasteiger partial charge in [0, 0.05) is 60.3 Å². The van der Waals surface area contributed by atoms with E-state index in [0.717, 1.165) is 32.1 Å². The van der Waals surface area contributed by atoms with Gasteiger partial charge in [0.15, 0.2) is 0 Å². The fourth-order valence-electron chi connectivity index (χ4n) is 11.8. The van der Waals surface area contributed by atoms with Crippen LogP contribution in [0.1, 0.15) is 159 Å². The van der Waals surface area contributed by atoms with Crippen LogP contribution in [0, 0.1) is 23.7 Å². The Morgan fingerprint density at radius 1 is 0.608 bits per heavy atom. The van der Waals surface area contributed by atoms with E-state index in [2.05, 4.69) is 21.3 Å². The van der Waals surface area contributed by atoms with Gasteiger partial charge in [-0.2, -0.15) is 0 Å². The summed E-state index contributed by atoms with van der Waals surface area (Å²) in [5.74, 6) is -6.54. The van der Waals surface area contributed by atoms with Gasteiger partial charge in [-0.1, -0.05) is 92.9 Å². The number of carbonyl (C=O) groups excluding carboxylic acids is 11. The van der Waals surface area contributed by atoms with Crippen LogP contribution in [0.2, 0.25) is 0 Å². The molecule has 22 heteroatoms. The molecule has 6 unspecified atom stereocenters. The second-order valence-electron chi connectivity index (χ2n) is 24.3. The fraction of sp³-hybridized carbons (Fsp3) is 0.807. The average Bonchev–Trinajstić information content (AvgIpc) is 4.16. The van der Waals surface area contributed by atoms with Crippen LogP contribution in [-0.4, -0.2) is 215 Å². The van der Waals surface area contributed by atoms with Crippen molar-refractivity contribution in [3.05, 3.63) is 0 Å². The molecule has 4 N–H and O–H groups in total. The molecule has 2 aliphatic heterocycles. The lowest BCUT2D eigenvalue weighted by Gasteiger charge is -2.39. The molecule has 2 saturated carbocycles. The molecule has 2 aliphatic carbocycles. The van der Waals surface area contributed by atoms with E-state index >= 15 is 0 Å². The summed E-state index contributed by atoms with van der Waals surface area (Å²) in [7, 11) is 7.42. The van der Waals surface area contributed by atoms with Crippen molar-refractivity contribution in [2.24, 2.45) is 23.7 Å². The summed E-state index contributed by atoms with van der Waals surface area (Å²) in [6.07, 6.45) is 8.29. The first-order chi connectivity index (χ1) is 37.0. The molecule has 1 spiro atoms. The fourth-order valence-corrected chi connectivity index (χ4v) is 11.8. The van der Waals surface area contributed by atoms with E-state index in [0.29, 0.717) is 51.4 Å². The minimum atomic E-state index is -1.36. The Kier molecular flexibility index (Phi) is 24.6. The van der Waals surface area contributed by atoms with Crippen molar-refractivity contribution in [2.45, 2.75) is 206 Å². The molecule has 2 saturated heterocycles. The topological polar surface area (TPSA) is 259 Å². The smallest absolute Gasteiger partial charge is 0.248 e. The van der Waals surface area contributed by atoms with Gasteiger partial charge in [0.25, 0.3) is 0 Å². The number of hydrogen-bond acceptors (Lipinski definition) is 11. The third-order valence-corrected chi connectivity index (χ3v) is 16.9. The summed E-state index contributed by atoms with van der Waals surface area (Å²) in [5.41, 5.74) is -1.36. The zero-order valence-corrected chi connectivity index (χ0v) is 50.1. The second-order valence-corrected chi connectivity index (χ2v) is 24.3. The number of hydrogen-bond donors (Lipinski definition) is 4. The molecule has 4 fully saturated rings. The van der Waals surface area contributed by atoms with E-state index in [1.54, 1.807) is 34.6 Å². The third kappa shape index (κ3) is 17.3. The highest BCUT2D eigenvalue weighted by Gasteiger charge is 2.49. The van der Waals surface area contributed by atoms with Crippen LogP contribution >= 0.6 is 0 Å². The molecule has 0 bridgehead atoms. The summed E-state index contributed by atoms with van der Waals surface area (Å²) in [5, 5.41) is 11.5. The molecular weight excluding hydrogens is 1010 g/mol. The van der Waals surface area contributed by atoms with Gasteiger partial charge in [-0.25, -0.2) is 0 Å². The zero-order valence-electron chi connectivity index (χ0n) is 50.1. The van der Waals surface area contributed by atoms with E-state index in [4.69, 9.17) is 0 Å². The van der Waals surface area contributed by atoms with E-state index in [1.807, 2.05) is 27.7 Å². The van der Waals surface area contributed by atoms with Crippen LogP contribution in [0.15, 0.2) is 0 Å². The zero-order chi connectivity index (χ0) is 59.2. The largest absolute Gasteiger partial charge is 0.351 e. The number of carbonyl (C=O) groups is 11. The number of amides is 11. The van der Waals surface area contributed by atoms with Gasteiger partial charge in [0.2, 0.25) is 65.0 Å². The van der Waals surface area contributed by atoms with Gasteiger partial charge in [-0.15, -0.1) is 0 Å². The molecule has 4 aliphatic rings. The van der Waals surface area contributed by atoms with Crippen LogP contribution in [0.5, 0.6) is 0 Å². The second kappa shape index (κ2) is 29.6. The minimum Gasteiger partial charge on any atom is -0.351 e. The molecule has 446 valence electrons. The number of fused-ring (bicyclic) bond motifs is 1. The maximum absolute atomic E-state index is 14.7. The SMILES string of the molecule is CC[C@H](C)C1NC(=O)C(CC(C)C)N(C)C(=O)CC(C)NC(=O)C(C(C)C)N(C)C(=O)C2(CCCC2)NC(=O)C2CCCN2C(=O)CNC(=O)CN(C)C(=O)C(CC2CCCCC2)N(C)C(=O)CN(C)C(=O)CN(C(C)C)C1=O. The molecule has 11 amide bonds. The van der Waals surface area contributed by atoms with Crippen LogP contribution in [0.4, 0.5) is 0 Å². The number of rotatable bonds is 8. The lowest BCUT2D eigenvalue weighted by Crippen LogP contribution is -2.64. The molecule has 4 rings (SSSR count). The highest BCUT2D eigenvalue weighted by atomic mass is 16.2. The predicted octanol–water partition coefficient (Wildman–Crippen LogP) is 2.27. The maximum Gasteiger partial charge on any atom is 0.248 e. The number of nitrogens with one attached hydrogen (secondary N) is 4. The normalized spacial score (nSPS) is 27.3. The first-order valence-electron chi connectivity index (χ1n) is 29.1. The molecule has 7 atom stereocenters. The maximum atomic E-state index is 14.7. The van der Waals surface area contributed by atoms with Gasteiger partial charge in [0.05, 0.1) is 19.6 Å². The molecular formula is C57H97N11O11. The minimum absolute atomic E-state index is 0.0655. The van der Waals surface area contributed by atoms with Crippen molar-refractivity contribution in [1.29, 1.82) is 0 Å². The Hall–Kier alpha value is -5.83. The van der Waals surface area contributed by atoms with Crippen molar-refractivity contribution in [3.63, 3.8) is 0 Å². The van der Waals surface area contributed by atoms with Crippen LogP contribution in [-0.2, 0) is 52.7 Å². The van der Waals surface area contributed by atoms with Crippen LogP contribution in [0.3, 0.4) is 0 Å². The number of likely N-dealkylation sites (N-methyl/N-ethyl adjacent to an activating group) is 5. The standard InChI is InChI=1S/C57H97N11O11/c1-15-38(8)49-55(78)68(37(6)7)34-47(72)62(10)33-48(73)65(13)43(30-40-22-17-16-18-23-40)54(77)63(11)32-44(69)58-31-46(71)67-27-21-24-41(67)52(75)61-57(25-19-20-26-57)56(79)66(14)50(36(4)5)53(76)59-39(9)29-45(70)64(12)42(28-35(2)3)51(74)60-49/h35-43,49-50H,15-34H2,1-14H3,(H,58,69)(H,59,76)(H,60,74)(H,61,75)/t38-,39?,41?,42?,43?,49?,50?/m0/s1. The summed E-state index contributed by atoms with van der Waals surface area (Å²) in [6, 6.07) is -6.32. The first-order valence-corrected chi connectivity index (χ1v) is 29.1. The van der Waals surface area contributed by atoms with Crippen molar-refractivity contribution < 1.29 is 52.7 Å². The Bertz CT molecular complexity index is 2190. The van der Waals surface area contributed by atoms with E-state index in [-0.39, 0.29) is 31.2 Å². The molecule has 22 nitrogen and oxygen atoms in total. The van der Waals surface area contributed by atoms with E-state index in [1.165, 1.54) is 69.5 Å². The summed E-state index contributed by atoms with van der Waals surface area (Å²) >= 11 is 0. The van der Waals surface area contributed by atoms with Crippen LogP contribution in [0.25, 0.3) is 0 Å². The molecule has 0 aromatic heterocycles. The van der Waals surface area contributed by atoms with Gasteiger partial charge < -0.3 is 55.6 Å². The van der Waals surface area contributed by atoms with Crippen molar-refractivity contribution in [2.75, 3.05) is 68.0 Å². The summed E-state index contributed by atoms with van der Waals surface area (Å²) < 4.78 is 0. The first kappa shape index (κ1) is 65.7. The lowest BCUT2D eigenvalue weighted by atomic mass is 9.84. The Morgan fingerprint density at radius 3 is 1.81 bits per heavy atom. The van der Waals surface area contributed by atoms with Crippen molar-refractivity contribution in [1.82, 2.24) is 55.6 Å². The highest BCUT2D eigenvalue weighted by Crippen LogP contribution is 2.34. The van der Waals surface area contributed by atoms with E-state index < -0.39 is 151 Å². The molecule has 2 heterocycles. The third-order valence-electron chi connectivity index (χ3n) is 16.9. The number of nitrogens with zero attached hydrogens (tertiary/aromatic N) is 7. The average molecular weight is 1110 g/mol. The van der Waals surface area contributed by atoms with Gasteiger partial charge >= 0.3 is 0 Å². The van der Waals surface area contributed by atoms with Crippen molar-refractivity contribution in [3.8, 4) is 0 Å². The van der Waals surface area contributed by atoms with Gasteiger partial charge in [0.1, 0.15) is 42.3 Å². The summed E-state index contributed by atoms with van der Waals surface area (Å²) in [4.78, 5) is 166. The quantitative estimate of drug-likeness (QED) is 0.274. The van der Waals surface area contributed by atoms with E-state index in [9.17, 15) is 52.7 Å². The molecule has 0 aromatic rings. The molecule has 0 radical (unpaired) electrons.